The van der Waals surface area contributed by atoms with Crippen LogP contribution in [0.1, 0.15) is 34.1 Å². The molecule has 1 aromatic heterocycles. The smallest absolute Gasteiger partial charge is 0.273 e. The Bertz CT molecular complexity index is 1290. The van der Waals surface area contributed by atoms with Gasteiger partial charge in [0.05, 0.1) is 5.52 Å². The summed E-state index contributed by atoms with van der Waals surface area (Å²) in [7, 11) is 0. The average Bonchev–Trinajstić information content (AvgIpc) is 3.26. The lowest BCUT2D eigenvalue weighted by atomic mass is 9.97. The summed E-state index contributed by atoms with van der Waals surface area (Å²) >= 11 is 0. The van der Waals surface area contributed by atoms with Crippen LogP contribution in [0.3, 0.4) is 0 Å². The molecular formula is C26H25N5O. The molecule has 0 bridgehead atoms. The molecule has 32 heavy (non-hydrogen) atoms. The maximum atomic E-state index is 13.5. The quantitative estimate of drug-likeness (QED) is 0.504. The molecule has 6 heteroatoms. The highest BCUT2D eigenvalue weighted by Gasteiger charge is 2.27. The van der Waals surface area contributed by atoms with Gasteiger partial charge in [-0.1, -0.05) is 61.5 Å². The fraction of sp³-hybridized carbons (Fsp3) is 0.192. The first-order valence-electron chi connectivity index (χ1n) is 10.9. The van der Waals surface area contributed by atoms with Crippen LogP contribution in [0.25, 0.3) is 22.0 Å². The van der Waals surface area contributed by atoms with Gasteiger partial charge in [0.25, 0.3) is 5.91 Å². The minimum absolute atomic E-state index is 0.109. The van der Waals surface area contributed by atoms with E-state index in [1.807, 2.05) is 47.4 Å². The molecule has 0 aliphatic carbocycles. The van der Waals surface area contributed by atoms with Gasteiger partial charge in [0.1, 0.15) is 5.69 Å². The van der Waals surface area contributed by atoms with E-state index in [1.165, 1.54) is 16.7 Å². The zero-order valence-corrected chi connectivity index (χ0v) is 18.0. The van der Waals surface area contributed by atoms with E-state index >= 15 is 0 Å². The molecule has 0 saturated heterocycles. The van der Waals surface area contributed by atoms with Crippen molar-refractivity contribution in [3.8, 4) is 11.1 Å². The van der Waals surface area contributed by atoms with Crippen LogP contribution >= 0.6 is 0 Å². The van der Waals surface area contributed by atoms with Crippen LogP contribution in [0.4, 0.5) is 5.95 Å². The van der Waals surface area contributed by atoms with Crippen molar-refractivity contribution < 1.29 is 4.79 Å². The van der Waals surface area contributed by atoms with Crippen LogP contribution in [-0.2, 0) is 19.6 Å². The summed E-state index contributed by atoms with van der Waals surface area (Å²) in [6.07, 6.45) is 0. The number of hydrogen-bond acceptors (Lipinski definition) is 5. The van der Waals surface area contributed by atoms with Gasteiger partial charge in [-0.05, 0) is 46.5 Å². The van der Waals surface area contributed by atoms with E-state index < -0.39 is 0 Å². The zero-order valence-electron chi connectivity index (χ0n) is 18.0. The van der Waals surface area contributed by atoms with Gasteiger partial charge in [0.2, 0.25) is 5.95 Å². The Labute approximate surface area is 187 Å². The van der Waals surface area contributed by atoms with Crippen LogP contribution in [0.2, 0.25) is 0 Å². The average molecular weight is 424 g/mol. The van der Waals surface area contributed by atoms with Crippen LogP contribution in [0, 0.1) is 0 Å². The molecule has 0 spiro atoms. The molecular weight excluding hydrogens is 398 g/mol. The van der Waals surface area contributed by atoms with Crippen molar-refractivity contribution in [2.75, 3.05) is 12.3 Å². The lowest BCUT2D eigenvalue weighted by Gasteiger charge is -2.17. The molecule has 1 amide bonds. The molecule has 0 fully saturated rings. The highest BCUT2D eigenvalue weighted by Crippen LogP contribution is 2.30. The predicted octanol–water partition coefficient (Wildman–Crippen LogP) is 4.14. The number of carbonyl (C=O) groups is 1. The SMILES string of the molecule is CCNCc1ccccc1-c1ccc2nc(N)nc(C(=O)N3Cc4ccccc4C3)c2c1. The third-order valence-electron chi connectivity index (χ3n) is 5.94. The normalized spacial score (nSPS) is 12.8. The van der Waals surface area contributed by atoms with Crippen molar-refractivity contribution in [1.82, 2.24) is 20.2 Å². The van der Waals surface area contributed by atoms with Crippen molar-refractivity contribution in [3.05, 3.63) is 89.1 Å². The summed E-state index contributed by atoms with van der Waals surface area (Å²) in [5, 5.41) is 4.11. The molecule has 0 atom stereocenters. The van der Waals surface area contributed by atoms with Crippen LogP contribution < -0.4 is 11.1 Å². The first kappa shape index (κ1) is 20.2. The number of nitrogen functional groups attached to an aromatic ring is 1. The van der Waals surface area contributed by atoms with E-state index in [2.05, 4.69) is 46.5 Å². The number of nitrogens with zero attached hydrogens (tertiary/aromatic N) is 3. The van der Waals surface area contributed by atoms with E-state index in [9.17, 15) is 4.79 Å². The first-order chi connectivity index (χ1) is 15.6. The van der Waals surface area contributed by atoms with Gasteiger partial charge in [-0.2, -0.15) is 0 Å². The van der Waals surface area contributed by atoms with Crippen LogP contribution in [-0.4, -0.2) is 27.3 Å². The fourth-order valence-corrected chi connectivity index (χ4v) is 4.32. The molecule has 2 heterocycles. The van der Waals surface area contributed by atoms with Crippen LogP contribution in [0.15, 0.2) is 66.7 Å². The Balaban J connectivity index is 1.57. The second kappa shape index (κ2) is 8.40. The van der Waals surface area contributed by atoms with Gasteiger partial charge in [0.15, 0.2) is 0 Å². The van der Waals surface area contributed by atoms with Gasteiger partial charge in [-0.15, -0.1) is 0 Å². The van der Waals surface area contributed by atoms with E-state index in [0.717, 1.165) is 29.6 Å². The summed E-state index contributed by atoms with van der Waals surface area (Å²) in [4.78, 5) is 24.1. The zero-order chi connectivity index (χ0) is 22.1. The van der Waals surface area contributed by atoms with E-state index in [1.54, 1.807) is 0 Å². The number of benzene rings is 3. The van der Waals surface area contributed by atoms with E-state index in [-0.39, 0.29) is 11.9 Å². The molecule has 1 aliphatic rings. The minimum atomic E-state index is -0.126. The number of rotatable bonds is 5. The third kappa shape index (κ3) is 3.69. The maximum absolute atomic E-state index is 13.5. The lowest BCUT2D eigenvalue weighted by molar-refractivity contribution is 0.0747. The number of amides is 1. The summed E-state index contributed by atoms with van der Waals surface area (Å²) < 4.78 is 0. The highest BCUT2D eigenvalue weighted by molar-refractivity contribution is 6.05. The standard InChI is InChI=1S/C26H25N5O/c1-2-28-14-18-7-5-6-10-21(18)17-11-12-23-22(13-17)24(30-26(27)29-23)25(32)31-15-19-8-3-4-9-20(19)16-31/h3-13,28H,2,14-16H2,1H3,(H2,27,29,30). The minimum Gasteiger partial charge on any atom is -0.368 e. The molecule has 3 N–H and O–H groups in total. The summed E-state index contributed by atoms with van der Waals surface area (Å²) in [5.74, 6) is -0.0174. The number of hydrogen-bond donors (Lipinski definition) is 2. The number of nitrogens with one attached hydrogen (secondary N) is 1. The van der Waals surface area contributed by atoms with E-state index in [4.69, 9.17) is 5.73 Å². The maximum Gasteiger partial charge on any atom is 0.273 e. The topological polar surface area (TPSA) is 84.1 Å². The Morgan fingerprint density at radius 3 is 2.47 bits per heavy atom. The lowest BCUT2D eigenvalue weighted by Crippen LogP contribution is -2.27. The summed E-state index contributed by atoms with van der Waals surface area (Å²) in [6, 6.07) is 22.4. The second-order valence-corrected chi connectivity index (χ2v) is 8.03. The number of aromatic nitrogens is 2. The van der Waals surface area contributed by atoms with Gasteiger partial charge in [-0.3, -0.25) is 4.79 Å². The third-order valence-corrected chi connectivity index (χ3v) is 5.94. The van der Waals surface area contributed by atoms with Gasteiger partial charge in [0, 0.05) is 25.0 Å². The Morgan fingerprint density at radius 2 is 1.72 bits per heavy atom. The highest BCUT2D eigenvalue weighted by atomic mass is 16.2. The molecule has 6 nitrogen and oxygen atoms in total. The second-order valence-electron chi connectivity index (χ2n) is 8.03. The van der Waals surface area contributed by atoms with Crippen molar-refractivity contribution in [3.63, 3.8) is 0 Å². The number of anilines is 1. The molecule has 0 unspecified atom stereocenters. The van der Waals surface area contributed by atoms with Gasteiger partial charge in [-0.25, -0.2) is 9.97 Å². The fourth-order valence-electron chi connectivity index (χ4n) is 4.32. The number of carbonyl (C=O) groups excluding carboxylic acids is 1. The summed E-state index contributed by atoms with van der Waals surface area (Å²) in [6.45, 7) is 4.92. The molecule has 5 rings (SSSR count). The van der Waals surface area contributed by atoms with Gasteiger partial charge < -0.3 is 16.0 Å². The molecule has 160 valence electrons. The van der Waals surface area contributed by atoms with Crippen LogP contribution in [0.5, 0.6) is 0 Å². The Hall–Kier alpha value is -3.77. The largest absolute Gasteiger partial charge is 0.368 e. The molecule has 4 aromatic rings. The molecule has 3 aromatic carbocycles. The van der Waals surface area contributed by atoms with Gasteiger partial charge >= 0.3 is 0 Å². The molecule has 0 radical (unpaired) electrons. The van der Waals surface area contributed by atoms with Crippen molar-refractivity contribution in [1.29, 1.82) is 0 Å². The van der Waals surface area contributed by atoms with E-state index in [0.29, 0.717) is 24.3 Å². The first-order valence-corrected chi connectivity index (χ1v) is 10.9. The predicted molar refractivity (Wildman–Crippen MR) is 127 cm³/mol. The number of fused-ring (bicyclic) bond motifs is 2. The summed E-state index contributed by atoms with van der Waals surface area (Å²) in [5.41, 5.74) is 12.7. The molecule has 1 aliphatic heterocycles. The Morgan fingerprint density at radius 1 is 1.00 bits per heavy atom. The molecule has 0 saturated carbocycles. The van der Waals surface area contributed by atoms with Crippen molar-refractivity contribution >= 4 is 22.8 Å². The Kier molecular flexibility index (Phi) is 5.29. The van der Waals surface area contributed by atoms with Crippen molar-refractivity contribution in [2.24, 2.45) is 0 Å². The monoisotopic (exact) mass is 423 g/mol. The number of nitrogens with two attached hydrogens (primary N) is 1. The van der Waals surface area contributed by atoms with Crippen molar-refractivity contribution in [2.45, 2.75) is 26.6 Å².